The zero-order valence-corrected chi connectivity index (χ0v) is 8.01. The molecule has 13 heavy (non-hydrogen) atoms. The largest absolute Gasteiger partial charge is 0.365 e. The molecule has 72 valence electrons. The first-order valence-corrected chi connectivity index (χ1v) is 5.39. The second kappa shape index (κ2) is 3.97. The highest BCUT2D eigenvalue weighted by Crippen LogP contribution is 2.11. The summed E-state index contributed by atoms with van der Waals surface area (Å²) >= 11 is 1.95. The van der Waals surface area contributed by atoms with Gasteiger partial charge in [0.2, 0.25) is 5.89 Å². The van der Waals surface area contributed by atoms with Crippen molar-refractivity contribution in [3.8, 4) is 0 Å². The lowest BCUT2D eigenvalue weighted by Crippen LogP contribution is -2.38. The maximum absolute atomic E-state index is 5.34. The smallest absolute Gasteiger partial charge is 0.260 e. The summed E-state index contributed by atoms with van der Waals surface area (Å²) in [7, 11) is 0. The Bertz CT molecular complexity index is 271. The van der Waals surface area contributed by atoms with Crippen LogP contribution in [-0.2, 0) is 6.42 Å². The Morgan fingerprint density at radius 2 is 2.62 bits per heavy atom. The summed E-state index contributed by atoms with van der Waals surface area (Å²) in [6.45, 7) is 1.05. The molecule has 2 heterocycles. The molecule has 1 aliphatic rings. The second-order valence-electron chi connectivity index (χ2n) is 2.98. The van der Waals surface area contributed by atoms with Gasteiger partial charge < -0.3 is 15.6 Å². The average Bonchev–Trinajstić information content (AvgIpc) is 2.53. The Hall–Kier alpha value is -0.750. The Balaban J connectivity index is 1.89. The number of hydrogen-bond donors (Lipinski definition) is 2. The van der Waals surface area contributed by atoms with E-state index in [0.29, 0.717) is 11.9 Å². The first kappa shape index (κ1) is 8.83. The summed E-state index contributed by atoms with van der Waals surface area (Å²) in [6.07, 6.45) is 0.775. The van der Waals surface area contributed by atoms with E-state index in [0.717, 1.165) is 18.7 Å². The van der Waals surface area contributed by atoms with Crippen molar-refractivity contribution in [2.75, 3.05) is 23.8 Å². The summed E-state index contributed by atoms with van der Waals surface area (Å²) in [5.41, 5.74) is 5.34. The van der Waals surface area contributed by atoms with Crippen molar-refractivity contribution in [1.82, 2.24) is 15.5 Å². The van der Waals surface area contributed by atoms with Crippen LogP contribution in [0.3, 0.4) is 0 Å². The van der Waals surface area contributed by atoms with Gasteiger partial charge in [0.25, 0.3) is 5.95 Å². The zero-order valence-electron chi connectivity index (χ0n) is 7.19. The van der Waals surface area contributed by atoms with Crippen LogP contribution in [0.15, 0.2) is 4.52 Å². The number of anilines is 1. The maximum Gasteiger partial charge on any atom is 0.260 e. The van der Waals surface area contributed by atoms with Crippen molar-refractivity contribution in [1.29, 1.82) is 0 Å². The monoisotopic (exact) mass is 200 g/mol. The van der Waals surface area contributed by atoms with Crippen molar-refractivity contribution < 1.29 is 4.52 Å². The van der Waals surface area contributed by atoms with Gasteiger partial charge in [-0.2, -0.15) is 16.7 Å². The van der Waals surface area contributed by atoms with Crippen LogP contribution in [0, 0.1) is 0 Å². The van der Waals surface area contributed by atoms with Crippen molar-refractivity contribution in [2.45, 2.75) is 12.5 Å². The molecule has 0 saturated carbocycles. The highest BCUT2D eigenvalue weighted by molar-refractivity contribution is 7.99. The van der Waals surface area contributed by atoms with E-state index in [2.05, 4.69) is 15.5 Å². The van der Waals surface area contributed by atoms with E-state index in [-0.39, 0.29) is 5.95 Å². The van der Waals surface area contributed by atoms with Crippen molar-refractivity contribution in [2.24, 2.45) is 0 Å². The van der Waals surface area contributed by atoms with Crippen LogP contribution in [0.4, 0.5) is 5.95 Å². The fraction of sp³-hybridized carbons (Fsp3) is 0.714. The Kier molecular flexibility index (Phi) is 2.70. The number of thioether (sulfide) groups is 1. The van der Waals surface area contributed by atoms with Gasteiger partial charge in [-0.15, -0.1) is 0 Å². The van der Waals surface area contributed by atoms with Crippen LogP contribution >= 0.6 is 11.8 Å². The molecule has 1 aliphatic heterocycles. The minimum Gasteiger partial charge on any atom is -0.365 e. The molecule has 1 saturated heterocycles. The number of rotatable bonds is 2. The predicted molar refractivity (Wildman–Crippen MR) is 51.5 cm³/mol. The van der Waals surface area contributed by atoms with Gasteiger partial charge in [-0.3, -0.25) is 0 Å². The summed E-state index contributed by atoms with van der Waals surface area (Å²) in [6, 6.07) is 0.443. The standard InChI is InChI=1S/C7H12N4OS/c8-7-10-6(12-11-7)3-5-4-13-2-1-9-5/h5,9H,1-4H2,(H2,8,11). The molecule has 0 spiro atoms. The van der Waals surface area contributed by atoms with E-state index in [1.807, 2.05) is 11.8 Å². The van der Waals surface area contributed by atoms with Gasteiger partial charge in [0.1, 0.15) is 0 Å². The maximum atomic E-state index is 5.34. The van der Waals surface area contributed by atoms with E-state index in [4.69, 9.17) is 10.3 Å². The lowest BCUT2D eigenvalue weighted by molar-refractivity contribution is 0.363. The zero-order chi connectivity index (χ0) is 9.10. The SMILES string of the molecule is Nc1noc(CC2CSCCN2)n1. The quantitative estimate of drug-likeness (QED) is 0.694. The number of hydrogen-bond acceptors (Lipinski definition) is 6. The minimum absolute atomic E-state index is 0.221. The molecule has 3 N–H and O–H groups in total. The lowest BCUT2D eigenvalue weighted by atomic mass is 10.2. The van der Waals surface area contributed by atoms with E-state index < -0.39 is 0 Å². The molecule has 0 radical (unpaired) electrons. The van der Waals surface area contributed by atoms with Gasteiger partial charge in [-0.05, 0) is 5.16 Å². The number of nitrogen functional groups attached to an aromatic ring is 1. The van der Waals surface area contributed by atoms with Crippen molar-refractivity contribution >= 4 is 17.7 Å². The van der Waals surface area contributed by atoms with E-state index in [1.165, 1.54) is 5.75 Å². The van der Waals surface area contributed by atoms with Gasteiger partial charge >= 0.3 is 0 Å². The fourth-order valence-electron chi connectivity index (χ4n) is 1.31. The summed E-state index contributed by atoms with van der Waals surface area (Å²) in [5.74, 6) is 3.13. The van der Waals surface area contributed by atoms with Gasteiger partial charge in [-0.1, -0.05) is 0 Å². The molecule has 1 unspecified atom stereocenters. The average molecular weight is 200 g/mol. The molecule has 2 rings (SSSR count). The van der Waals surface area contributed by atoms with Crippen molar-refractivity contribution in [3.05, 3.63) is 5.89 Å². The van der Waals surface area contributed by atoms with Gasteiger partial charge in [0, 0.05) is 30.5 Å². The van der Waals surface area contributed by atoms with E-state index >= 15 is 0 Å². The Morgan fingerprint density at radius 1 is 1.69 bits per heavy atom. The fourth-order valence-corrected chi connectivity index (χ4v) is 2.26. The van der Waals surface area contributed by atoms with Crippen LogP contribution in [0.25, 0.3) is 0 Å². The van der Waals surface area contributed by atoms with Crippen LogP contribution in [0.2, 0.25) is 0 Å². The lowest BCUT2D eigenvalue weighted by Gasteiger charge is -2.21. The molecule has 0 bridgehead atoms. The molecule has 0 aromatic carbocycles. The Morgan fingerprint density at radius 3 is 3.23 bits per heavy atom. The molecule has 1 fully saturated rings. The van der Waals surface area contributed by atoms with Crippen LogP contribution < -0.4 is 11.1 Å². The number of nitrogens with zero attached hydrogens (tertiary/aromatic N) is 2. The number of nitrogens with one attached hydrogen (secondary N) is 1. The summed E-state index contributed by atoms with van der Waals surface area (Å²) < 4.78 is 4.93. The first-order valence-electron chi connectivity index (χ1n) is 4.24. The summed E-state index contributed by atoms with van der Waals surface area (Å²) in [4.78, 5) is 3.96. The predicted octanol–water partition coefficient (Wildman–Crippen LogP) is -0.101. The molecular weight excluding hydrogens is 188 g/mol. The molecule has 6 heteroatoms. The van der Waals surface area contributed by atoms with E-state index in [1.54, 1.807) is 0 Å². The van der Waals surface area contributed by atoms with Crippen molar-refractivity contribution in [3.63, 3.8) is 0 Å². The molecule has 1 aromatic heterocycles. The number of aromatic nitrogens is 2. The van der Waals surface area contributed by atoms with Gasteiger partial charge in [-0.25, -0.2) is 0 Å². The van der Waals surface area contributed by atoms with Gasteiger partial charge in [0.05, 0.1) is 0 Å². The van der Waals surface area contributed by atoms with Gasteiger partial charge in [0.15, 0.2) is 0 Å². The third kappa shape index (κ3) is 2.35. The highest BCUT2D eigenvalue weighted by atomic mass is 32.2. The normalized spacial score (nSPS) is 23.2. The van der Waals surface area contributed by atoms with Crippen LogP contribution in [0.5, 0.6) is 0 Å². The number of nitrogens with two attached hydrogens (primary N) is 1. The molecule has 0 amide bonds. The third-order valence-corrected chi connectivity index (χ3v) is 3.03. The topological polar surface area (TPSA) is 77.0 Å². The first-order chi connectivity index (χ1) is 6.34. The minimum atomic E-state index is 0.221. The van der Waals surface area contributed by atoms with Crippen LogP contribution in [0.1, 0.15) is 5.89 Å². The van der Waals surface area contributed by atoms with Crippen LogP contribution in [-0.4, -0.2) is 34.2 Å². The second-order valence-corrected chi connectivity index (χ2v) is 4.13. The molecule has 5 nitrogen and oxygen atoms in total. The molecular formula is C7H12N4OS. The molecule has 1 atom stereocenters. The summed E-state index contributed by atoms with van der Waals surface area (Å²) in [5, 5.41) is 6.93. The third-order valence-electron chi connectivity index (χ3n) is 1.90. The molecule has 0 aliphatic carbocycles. The molecule has 1 aromatic rings. The Labute approximate surface area is 80.4 Å². The highest BCUT2D eigenvalue weighted by Gasteiger charge is 2.16. The van der Waals surface area contributed by atoms with E-state index in [9.17, 15) is 0 Å².